The summed E-state index contributed by atoms with van der Waals surface area (Å²) in [6.07, 6.45) is 0. The highest BCUT2D eigenvalue weighted by Crippen LogP contribution is 2.32. The van der Waals surface area contributed by atoms with Gasteiger partial charge in [0.2, 0.25) is 0 Å². The maximum Gasteiger partial charge on any atom is 0.344 e. The largest absolute Gasteiger partial charge is 0.422 e. The SMILES string of the molecule is C/C(C(=O)c1ccc(C)cc1)=C1\OC(=O)c2ccccc21. The molecule has 0 saturated carbocycles. The lowest BCUT2D eigenvalue weighted by Crippen LogP contribution is -2.04. The first-order chi connectivity index (χ1) is 10.1. The Bertz CT molecular complexity index is 767. The molecule has 1 aliphatic heterocycles. The van der Waals surface area contributed by atoms with Gasteiger partial charge in [0, 0.05) is 16.7 Å². The Labute approximate surface area is 122 Å². The molecule has 104 valence electrons. The van der Waals surface area contributed by atoms with Crippen LogP contribution in [0, 0.1) is 6.92 Å². The molecule has 0 radical (unpaired) electrons. The van der Waals surface area contributed by atoms with Gasteiger partial charge < -0.3 is 4.74 Å². The fourth-order valence-corrected chi connectivity index (χ4v) is 2.36. The normalized spacial score (nSPS) is 15.4. The fourth-order valence-electron chi connectivity index (χ4n) is 2.36. The van der Waals surface area contributed by atoms with E-state index >= 15 is 0 Å². The first-order valence-electron chi connectivity index (χ1n) is 6.72. The minimum absolute atomic E-state index is 0.130. The van der Waals surface area contributed by atoms with Gasteiger partial charge in [-0.05, 0) is 19.9 Å². The number of allylic oxidation sites excluding steroid dienone is 1. The van der Waals surface area contributed by atoms with Crippen molar-refractivity contribution in [1.29, 1.82) is 0 Å². The number of hydrogen-bond acceptors (Lipinski definition) is 3. The van der Waals surface area contributed by atoms with Gasteiger partial charge in [0.05, 0.1) is 5.56 Å². The molecule has 0 N–H and O–H groups in total. The molecule has 0 aliphatic carbocycles. The van der Waals surface area contributed by atoms with E-state index in [0.717, 1.165) is 5.56 Å². The van der Waals surface area contributed by atoms with Crippen molar-refractivity contribution in [3.05, 3.63) is 76.4 Å². The van der Waals surface area contributed by atoms with Crippen LogP contribution in [0.15, 0.2) is 54.1 Å². The van der Waals surface area contributed by atoms with Crippen LogP contribution in [0.4, 0.5) is 0 Å². The van der Waals surface area contributed by atoms with Crippen LogP contribution in [-0.4, -0.2) is 11.8 Å². The molecule has 1 heterocycles. The average Bonchev–Trinajstić information content (AvgIpc) is 2.84. The molecule has 0 atom stereocenters. The summed E-state index contributed by atoms with van der Waals surface area (Å²) >= 11 is 0. The molecule has 0 unspecified atom stereocenters. The lowest BCUT2D eigenvalue weighted by atomic mass is 9.99. The number of aryl methyl sites for hydroxylation is 1. The Kier molecular flexibility index (Phi) is 3.18. The molecule has 3 rings (SSSR count). The number of carbonyl (C=O) groups is 2. The molecule has 0 bridgehead atoms. The second-order valence-corrected chi connectivity index (χ2v) is 5.08. The van der Waals surface area contributed by atoms with Gasteiger partial charge >= 0.3 is 5.97 Å². The van der Waals surface area contributed by atoms with E-state index in [0.29, 0.717) is 28.0 Å². The van der Waals surface area contributed by atoms with E-state index in [4.69, 9.17) is 4.74 Å². The zero-order chi connectivity index (χ0) is 15.0. The Morgan fingerprint density at radius 3 is 2.24 bits per heavy atom. The monoisotopic (exact) mass is 278 g/mol. The van der Waals surface area contributed by atoms with Crippen molar-refractivity contribution in [3.8, 4) is 0 Å². The molecule has 0 spiro atoms. The molecular weight excluding hydrogens is 264 g/mol. The zero-order valence-corrected chi connectivity index (χ0v) is 11.8. The topological polar surface area (TPSA) is 43.4 Å². The maximum absolute atomic E-state index is 12.5. The summed E-state index contributed by atoms with van der Waals surface area (Å²) in [5.74, 6) is -0.174. The fraction of sp³-hybridized carbons (Fsp3) is 0.111. The lowest BCUT2D eigenvalue weighted by molar-refractivity contribution is 0.0714. The van der Waals surface area contributed by atoms with Gasteiger partial charge in [0.1, 0.15) is 5.76 Å². The summed E-state index contributed by atoms with van der Waals surface area (Å²) in [6.45, 7) is 3.65. The lowest BCUT2D eigenvalue weighted by Gasteiger charge is -2.06. The van der Waals surface area contributed by atoms with Crippen molar-refractivity contribution in [2.45, 2.75) is 13.8 Å². The van der Waals surface area contributed by atoms with E-state index in [1.807, 2.05) is 25.1 Å². The van der Waals surface area contributed by atoms with E-state index in [-0.39, 0.29) is 5.78 Å². The predicted octanol–water partition coefficient (Wildman–Crippen LogP) is 3.78. The van der Waals surface area contributed by atoms with Crippen LogP contribution in [0.3, 0.4) is 0 Å². The number of esters is 1. The molecule has 0 saturated heterocycles. The van der Waals surface area contributed by atoms with Gasteiger partial charge in [-0.1, -0.05) is 48.0 Å². The van der Waals surface area contributed by atoms with Gasteiger partial charge in [-0.15, -0.1) is 0 Å². The van der Waals surface area contributed by atoms with Crippen molar-refractivity contribution >= 4 is 17.5 Å². The Morgan fingerprint density at radius 2 is 1.57 bits per heavy atom. The van der Waals surface area contributed by atoms with E-state index < -0.39 is 5.97 Å². The van der Waals surface area contributed by atoms with E-state index in [1.54, 1.807) is 37.3 Å². The third-order valence-electron chi connectivity index (χ3n) is 3.58. The minimum atomic E-state index is -0.406. The van der Waals surface area contributed by atoms with Crippen molar-refractivity contribution in [2.75, 3.05) is 0 Å². The molecule has 0 fully saturated rings. The molecule has 1 aliphatic rings. The minimum Gasteiger partial charge on any atom is -0.422 e. The number of benzene rings is 2. The maximum atomic E-state index is 12.5. The van der Waals surface area contributed by atoms with E-state index in [2.05, 4.69) is 0 Å². The molecule has 3 nitrogen and oxygen atoms in total. The number of cyclic esters (lactones) is 1. The van der Waals surface area contributed by atoms with Crippen molar-refractivity contribution in [3.63, 3.8) is 0 Å². The van der Waals surface area contributed by atoms with Gasteiger partial charge in [0.25, 0.3) is 0 Å². The number of ether oxygens (including phenoxy) is 1. The van der Waals surface area contributed by atoms with Crippen LogP contribution in [0.25, 0.3) is 5.76 Å². The second-order valence-electron chi connectivity index (χ2n) is 5.08. The first-order valence-corrected chi connectivity index (χ1v) is 6.72. The van der Waals surface area contributed by atoms with Gasteiger partial charge in [-0.3, -0.25) is 4.79 Å². The number of fused-ring (bicyclic) bond motifs is 1. The summed E-state index contributed by atoms with van der Waals surface area (Å²) in [7, 11) is 0. The highest BCUT2D eigenvalue weighted by molar-refractivity contribution is 6.15. The van der Waals surface area contributed by atoms with Gasteiger partial charge in [-0.2, -0.15) is 0 Å². The number of carbonyl (C=O) groups excluding carboxylic acids is 2. The van der Waals surface area contributed by atoms with E-state index in [9.17, 15) is 9.59 Å². The third kappa shape index (κ3) is 2.27. The van der Waals surface area contributed by atoms with Gasteiger partial charge in [-0.25, -0.2) is 4.79 Å². The van der Waals surface area contributed by atoms with Crippen LogP contribution in [0.5, 0.6) is 0 Å². The summed E-state index contributed by atoms with van der Waals surface area (Å²) in [4.78, 5) is 24.3. The van der Waals surface area contributed by atoms with Crippen LogP contribution < -0.4 is 0 Å². The highest BCUT2D eigenvalue weighted by atomic mass is 16.5. The zero-order valence-electron chi connectivity index (χ0n) is 11.8. The molecular formula is C18H14O3. The summed E-state index contributed by atoms with van der Waals surface area (Å²) in [6, 6.07) is 14.4. The van der Waals surface area contributed by atoms with Crippen LogP contribution in [-0.2, 0) is 4.74 Å². The molecule has 2 aromatic rings. The second kappa shape index (κ2) is 5.02. The van der Waals surface area contributed by atoms with Gasteiger partial charge in [0.15, 0.2) is 5.78 Å². The van der Waals surface area contributed by atoms with Crippen molar-refractivity contribution in [2.24, 2.45) is 0 Å². The third-order valence-corrected chi connectivity index (χ3v) is 3.58. The smallest absolute Gasteiger partial charge is 0.344 e. The number of ketones is 1. The summed E-state index contributed by atoms with van der Waals surface area (Å²) in [5, 5.41) is 0. The summed E-state index contributed by atoms with van der Waals surface area (Å²) < 4.78 is 5.28. The van der Waals surface area contributed by atoms with Crippen molar-refractivity contribution < 1.29 is 14.3 Å². The Hall–Kier alpha value is -2.68. The molecule has 0 amide bonds. The quantitative estimate of drug-likeness (QED) is 0.477. The predicted molar refractivity (Wildman–Crippen MR) is 80.0 cm³/mol. The summed E-state index contributed by atoms with van der Waals surface area (Å²) in [5.41, 5.74) is 3.31. The molecule has 0 aromatic heterocycles. The van der Waals surface area contributed by atoms with Crippen LogP contribution >= 0.6 is 0 Å². The standard InChI is InChI=1S/C18H14O3/c1-11-7-9-13(10-8-11)16(19)12(2)17-14-5-3-4-6-15(14)18(20)21-17/h3-10H,1-2H3/b17-12+. The van der Waals surface area contributed by atoms with Crippen LogP contribution in [0.1, 0.15) is 38.8 Å². The Balaban J connectivity index is 2.05. The highest BCUT2D eigenvalue weighted by Gasteiger charge is 2.29. The van der Waals surface area contributed by atoms with Crippen molar-refractivity contribution in [1.82, 2.24) is 0 Å². The molecule has 21 heavy (non-hydrogen) atoms. The molecule has 3 heteroatoms. The number of Topliss-reactive ketones (excluding diaryl/α,β-unsaturated/α-hetero) is 1. The van der Waals surface area contributed by atoms with E-state index in [1.165, 1.54) is 0 Å². The first kappa shape index (κ1) is 13.3. The number of hydrogen-bond donors (Lipinski definition) is 0. The number of rotatable bonds is 2. The Morgan fingerprint density at radius 1 is 0.952 bits per heavy atom. The molecule has 2 aromatic carbocycles. The average molecular weight is 278 g/mol. The van der Waals surface area contributed by atoms with Crippen LogP contribution in [0.2, 0.25) is 0 Å².